The van der Waals surface area contributed by atoms with Gasteiger partial charge in [-0.1, -0.05) is 11.6 Å². The molecule has 21 heavy (non-hydrogen) atoms. The van der Waals surface area contributed by atoms with Crippen LogP contribution in [-0.4, -0.2) is 27.9 Å². The molecule has 0 fully saturated rings. The number of nitrogens with zero attached hydrogens (tertiary/aromatic N) is 1. The molecule has 0 spiro atoms. The fourth-order valence-electron chi connectivity index (χ4n) is 2.15. The van der Waals surface area contributed by atoms with Gasteiger partial charge in [0.15, 0.2) is 0 Å². The van der Waals surface area contributed by atoms with Crippen LogP contribution >= 0.6 is 23.4 Å². The number of halogens is 1. The van der Waals surface area contributed by atoms with Crippen molar-refractivity contribution in [2.24, 2.45) is 0 Å². The fourth-order valence-corrected chi connectivity index (χ4v) is 3.18. The molecule has 1 aliphatic rings. The van der Waals surface area contributed by atoms with Crippen molar-refractivity contribution >= 4 is 29.3 Å². The van der Waals surface area contributed by atoms with E-state index in [-0.39, 0.29) is 11.7 Å². The summed E-state index contributed by atoms with van der Waals surface area (Å²) < 4.78 is 5.84. The van der Waals surface area contributed by atoms with E-state index in [0.717, 1.165) is 33.5 Å². The van der Waals surface area contributed by atoms with Crippen LogP contribution in [0.5, 0.6) is 5.75 Å². The standard InChI is InChI=1S/C15H12ClNO3S/c16-11-2-3-13-10(5-11)6-12(20-13)8-21-14-4-1-9(7-17-14)15(18)19/h1-5,7,12H,6,8H2,(H,18,19). The summed E-state index contributed by atoms with van der Waals surface area (Å²) in [5.74, 6) is 0.677. The Morgan fingerprint density at radius 3 is 3.00 bits per heavy atom. The monoisotopic (exact) mass is 321 g/mol. The Labute approximate surface area is 131 Å². The van der Waals surface area contributed by atoms with E-state index in [1.807, 2.05) is 18.2 Å². The molecule has 0 amide bonds. The summed E-state index contributed by atoms with van der Waals surface area (Å²) in [6, 6.07) is 8.92. The van der Waals surface area contributed by atoms with Crippen molar-refractivity contribution in [3.8, 4) is 5.75 Å². The lowest BCUT2D eigenvalue weighted by atomic mass is 10.1. The highest BCUT2D eigenvalue weighted by Crippen LogP contribution is 2.33. The second-order valence-electron chi connectivity index (χ2n) is 4.70. The molecule has 4 nitrogen and oxygen atoms in total. The molecule has 1 aliphatic heterocycles. The van der Waals surface area contributed by atoms with Crippen LogP contribution in [0.4, 0.5) is 0 Å². The molecule has 2 aromatic rings. The SMILES string of the molecule is O=C(O)c1ccc(SCC2Cc3cc(Cl)ccc3O2)nc1. The van der Waals surface area contributed by atoms with Crippen LogP contribution in [0.15, 0.2) is 41.6 Å². The first-order chi connectivity index (χ1) is 10.1. The molecule has 0 saturated heterocycles. The molecule has 6 heteroatoms. The van der Waals surface area contributed by atoms with Gasteiger partial charge in [0.2, 0.25) is 0 Å². The molecule has 3 rings (SSSR count). The molecule has 0 aliphatic carbocycles. The second kappa shape index (κ2) is 5.95. The van der Waals surface area contributed by atoms with E-state index < -0.39 is 5.97 Å². The fraction of sp³-hybridized carbons (Fsp3) is 0.200. The van der Waals surface area contributed by atoms with E-state index in [4.69, 9.17) is 21.4 Å². The van der Waals surface area contributed by atoms with E-state index in [1.165, 1.54) is 6.20 Å². The molecule has 1 atom stereocenters. The van der Waals surface area contributed by atoms with Crippen molar-refractivity contribution < 1.29 is 14.6 Å². The zero-order valence-electron chi connectivity index (χ0n) is 11.0. The van der Waals surface area contributed by atoms with Gasteiger partial charge in [-0.05, 0) is 35.9 Å². The van der Waals surface area contributed by atoms with E-state index in [1.54, 1.807) is 23.9 Å². The van der Waals surface area contributed by atoms with Crippen molar-refractivity contribution in [3.63, 3.8) is 0 Å². The van der Waals surface area contributed by atoms with E-state index in [0.29, 0.717) is 0 Å². The molecule has 1 aromatic heterocycles. The predicted octanol–water partition coefficient (Wildman–Crippen LogP) is 3.53. The first kappa shape index (κ1) is 14.2. The van der Waals surface area contributed by atoms with Gasteiger partial charge in [-0.25, -0.2) is 9.78 Å². The predicted molar refractivity (Wildman–Crippen MR) is 81.5 cm³/mol. The molecule has 1 aromatic carbocycles. The maximum Gasteiger partial charge on any atom is 0.337 e. The third-order valence-electron chi connectivity index (χ3n) is 3.16. The maximum atomic E-state index is 10.8. The zero-order valence-corrected chi connectivity index (χ0v) is 12.5. The average molecular weight is 322 g/mol. The minimum absolute atomic E-state index is 0.0874. The zero-order chi connectivity index (χ0) is 14.8. The van der Waals surface area contributed by atoms with Gasteiger partial charge in [0.05, 0.1) is 10.6 Å². The first-order valence-electron chi connectivity index (χ1n) is 6.39. The van der Waals surface area contributed by atoms with Crippen LogP contribution < -0.4 is 4.74 Å². The number of pyridine rings is 1. The molecule has 0 saturated carbocycles. The molecule has 1 N–H and O–H groups in total. The number of ether oxygens (including phenoxy) is 1. The lowest BCUT2D eigenvalue weighted by Gasteiger charge is -2.09. The van der Waals surface area contributed by atoms with Crippen LogP contribution in [0.2, 0.25) is 5.02 Å². The van der Waals surface area contributed by atoms with Crippen molar-refractivity contribution in [1.29, 1.82) is 0 Å². The van der Waals surface area contributed by atoms with Crippen LogP contribution in [-0.2, 0) is 6.42 Å². The van der Waals surface area contributed by atoms with Gasteiger partial charge in [0, 0.05) is 23.4 Å². The largest absolute Gasteiger partial charge is 0.489 e. The van der Waals surface area contributed by atoms with Crippen LogP contribution in [0, 0.1) is 0 Å². The first-order valence-corrected chi connectivity index (χ1v) is 7.75. The third-order valence-corrected chi connectivity index (χ3v) is 4.47. The summed E-state index contributed by atoms with van der Waals surface area (Å²) in [7, 11) is 0. The Morgan fingerprint density at radius 1 is 1.43 bits per heavy atom. The van der Waals surface area contributed by atoms with E-state index >= 15 is 0 Å². The van der Waals surface area contributed by atoms with Gasteiger partial charge >= 0.3 is 5.97 Å². The number of aromatic nitrogens is 1. The van der Waals surface area contributed by atoms with Gasteiger partial charge in [-0.3, -0.25) is 0 Å². The highest BCUT2D eigenvalue weighted by Gasteiger charge is 2.23. The number of hydrogen-bond acceptors (Lipinski definition) is 4. The van der Waals surface area contributed by atoms with E-state index in [9.17, 15) is 4.79 Å². The number of carboxylic acid groups (broad SMARTS) is 1. The van der Waals surface area contributed by atoms with Crippen LogP contribution in [0.3, 0.4) is 0 Å². The normalized spacial score (nSPS) is 16.3. The molecular formula is C15H12ClNO3S. The number of thioether (sulfide) groups is 1. The summed E-state index contributed by atoms with van der Waals surface area (Å²) in [5, 5.41) is 10.3. The summed E-state index contributed by atoms with van der Waals surface area (Å²) in [6.07, 6.45) is 2.29. The number of benzene rings is 1. The number of hydrogen-bond donors (Lipinski definition) is 1. The number of carbonyl (C=O) groups is 1. The van der Waals surface area contributed by atoms with Crippen molar-refractivity contribution in [3.05, 3.63) is 52.7 Å². The molecular weight excluding hydrogens is 310 g/mol. The Balaban J connectivity index is 1.58. The minimum Gasteiger partial charge on any atom is -0.489 e. The molecule has 0 radical (unpaired) electrons. The Hall–Kier alpha value is -1.72. The Morgan fingerprint density at radius 2 is 2.29 bits per heavy atom. The van der Waals surface area contributed by atoms with Gasteiger partial charge in [0.1, 0.15) is 11.9 Å². The van der Waals surface area contributed by atoms with E-state index in [2.05, 4.69) is 4.98 Å². The quantitative estimate of drug-likeness (QED) is 0.873. The number of carboxylic acids is 1. The van der Waals surface area contributed by atoms with Crippen LogP contribution in [0.1, 0.15) is 15.9 Å². The molecule has 2 heterocycles. The number of fused-ring (bicyclic) bond motifs is 1. The van der Waals surface area contributed by atoms with Crippen LogP contribution in [0.25, 0.3) is 0 Å². The Kier molecular flexibility index (Phi) is 4.03. The minimum atomic E-state index is -0.967. The summed E-state index contributed by atoms with van der Waals surface area (Å²) in [4.78, 5) is 14.9. The smallest absolute Gasteiger partial charge is 0.337 e. The lowest BCUT2D eigenvalue weighted by Crippen LogP contribution is -2.15. The van der Waals surface area contributed by atoms with Crippen molar-refractivity contribution in [1.82, 2.24) is 4.98 Å². The molecule has 0 bridgehead atoms. The highest BCUT2D eigenvalue weighted by molar-refractivity contribution is 7.99. The summed E-state index contributed by atoms with van der Waals surface area (Å²) >= 11 is 7.52. The third kappa shape index (κ3) is 3.31. The number of aromatic carboxylic acids is 1. The summed E-state index contributed by atoms with van der Waals surface area (Å²) in [5.41, 5.74) is 1.32. The lowest BCUT2D eigenvalue weighted by molar-refractivity contribution is 0.0696. The molecule has 1 unspecified atom stereocenters. The Bertz CT molecular complexity index is 675. The molecule has 108 valence electrons. The van der Waals surface area contributed by atoms with Gasteiger partial charge < -0.3 is 9.84 Å². The van der Waals surface area contributed by atoms with Gasteiger partial charge in [0.25, 0.3) is 0 Å². The van der Waals surface area contributed by atoms with Gasteiger partial charge in [-0.15, -0.1) is 11.8 Å². The summed E-state index contributed by atoms with van der Waals surface area (Å²) in [6.45, 7) is 0. The topological polar surface area (TPSA) is 59.4 Å². The highest BCUT2D eigenvalue weighted by atomic mass is 35.5. The van der Waals surface area contributed by atoms with Crippen molar-refractivity contribution in [2.75, 3.05) is 5.75 Å². The average Bonchev–Trinajstić information content (AvgIpc) is 2.87. The number of rotatable bonds is 4. The van der Waals surface area contributed by atoms with Gasteiger partial charge in [-0.2, -0.15) is 0 Å². The second-order valence-corrected chi connectivity index (χ2v) is 6.17. The van der Waals surface area contributed by atoms with Crippen molar-refractivity contribution in [2.45, 2.75) is 17.6 Å². The maximum absolute atomic E-state index is 10.8.